The van der Waals surface area contributed by atoms with Crippen molar-refractivity contribution >= 4 is 21.7 Å². The molecular formula is C16H15BrF4N4. The van der Waals surface area contributed by atoms with Crippen LogP contribution >= 0.6 is 15.9 Å². The highest BCUT2D eigenvalue weighted by Gasteiger charge is 2.33. The van der Waals surface area contributed by atoms with E-state index in [0.29, 0.717) is 43.0 Å². The van der Waals surface area contributed by atoms with Crippen molar-refractivity contribution in [1.29, 1.82) is 0 Å². The molecule has 0 unspecified atom stereocenters. The van der Waals surface area contributed by atoms with E-state index in [-0.39, 0.29) is 5.82 Å². The number of rotatable bonds is 3. The molecule has 1 saturated heterocycles. The van der Waals surface area contributed by atoms with Crippen LogP contribution in [0.25, 0.3) is 0 Å². The molecule has 0 bridgehead atoms. The molecule has 1 aromatic carbocycles. The van der Waals surface area contributed by atoms with Gasteiger partial charge in [-0.15, -0.1) is 10.2 Å². The van der Waals surface area contributed by atoms with Gasteiger partial charge < -0.3 is 4.90 Å². The first-order chi connectivity index (χ1) is 11.8. The third kappa shape index (κ3) is 4.46. The average Bonchev–Trinajstić information content (AvgIpc) is 2.58. The standard InChI is InChI=1S/C16H15BrF4N4/c17-12-2-1-11(9-13(12)18)10-24-5-7-25(8-6-24)15-4-3-14(22-23-15)16(19,20)21/h1-4,9H,5-8,10H2. The number of piperazine rings is 1. The Bertz CT molecular complexity index is 728. The van der Waals surface area contributed by atoms with Gasteiger partial charge in [-0.1, -0.05) is 6.07 Å². The summed E-state index contributed by atoms with van der Waals surface area (Å²) in [5.41, 5.74) is -0.115. The minimum absolute atomic E-state index is 0.295. The van der Waals surface area contributed by atoms with Crippen molar-refractivity contribution in [2.75, 3.05) is 31.1 Å². The van der Waals surface area contributed by atoms with Crippen LogP contribution in [0.15, 0.2) is 34.8 Å². The molecule has 3 rings (SSSR count). The molecule has 25 heavy (non-hydrogen) atoms. The van der Waals surface area contributed by atoms with E-state index in [2.05, 4.69) is 31.0 Å². The lowest BCUT2D eigenvalue weighted by atomic mass is 10.2. The minimum Gasteiger partial charge on any atom is -0.353 e. The second-order valence-corrected chi connectivity index (χ2v) is 6.64. The van der Waals surface area contributed by atoms with Gasteiger partial charge in [0.15, 0.2) is 11.5 Å². The second kappa shape index (κ2) is 7.25. The van der Waals surface area contributed by atoms with Crippen molar-refractivity contribution in [3.63, 3.8) is 0 Å². The zero-order chi connectivity index (χ0) is 18.0. The van der Waals surface area contributed by atoms with Gasteiger partial charge in [-0.3, -0.25) is 4.90 Å². The third-order valence-electron chi connectivity index (χ3n) is 4.03. The van der Waals surface area contributed by atoms with Crippen molar-refractivity contribution in [3.05, 3.63) is 51.9 Å². The van der Waals surface area contributed by atoms with Crippen LogP contribution in [-0.4, -0.2) is 41.3 Å². The number of hydrogen-bond donors (Lipinski definition) is 0. The van der Waals surface area contributed by atoms with Crippen molar-refractivity contribution in [2.45, 2.75) is 12.7 Å². The number of alkyl halides is 3. The van der Waals surface area contributed by atoms with Crippen LogP contribution in [0.1, 0.15) is 11.3 Å². The van der Waals surface area contributed by atoms with Gasteiger partial charge in [0.05, 0.1) is 4.47 Å². The Labute approximate surface area is 150 Å². The molecule has 1 aromatic heterocycles. The molecule has 0 saturated carbocycles. The molecule has 4 nitrogen and oxygen atoms in total. The molecule has 1 aliphatic rings. The molecule has 0 radical (unpaired) electrons. The summed E-state index contributed by atoms with van der Waals surface area (Å²) in [6.07, 6.45) is -4.48. The summed E-state index contributed by atoms with van der Waals surface area (Å²) in [6, 6.07) is 7.33. The Kier molecular flexibility index (Phi) is 5.24. The summed E-state index contributed by atoms with van der Waals surface area (Å²) in [6.45, 7) is 3.29. The van der Waals surface area contributed by atoms with Crippen LogP contribution in [-0.2, 0) is 12.7 Å². The van der Waals surface area contributed by atoms with Gasteiger partial charge in [-0.2, -0.15) is 13.2 Å². The van der Waals surface area contributed by atoms with Gasteiger partial charge in [-0.25, -0.2) is 4.39 Å². The summed E-state index contributed by atoms with van der Waals surface area (Å²) in [7, 11) is 0. The average molecular weight is 419 g/mol. The highest BCUT2D eigenvalue weighted by Crippen LogP contribution is 2.27. The van der Waals surface area contributed by atoms with Gasteiger partial charge in [-0.05, 0) is 45.8 Å². The number of hydrogen-bond acceptors (Lipinski definition) is 4. The first-order valence-corrected chi connectivity index (χ1v) is 8.44. The van der Waals surface area contributed by atoms with Crippen molar-refractivity contribution in [2.24, 2.45) is 0 Å². The molecule has 0 amide bonds. The lowest BCUT2D eigenvalue weighted by molar-refractivity contribution is -0.141. The Balaban J connectivity index is 1.57. The Morgan fingerprint density at radius 2 is 1.72 bits per heavy atom. The summed E-state index contributed by atoms with van der Waals surface area (Å²) >= 11 is 3.13. The van der Waals surface area contributed by atoms with E-state index < -0.39 is 11.9 Å². The summed E-state index contributed by atoms with van der Waals surface area (Å²) in [5, 5.41) is 6.94. The number of anilines is 1. The molecule has 2 heterocycles. The van der Waals surface area contributed by atoms with E-state index in [4.69, 9.17) is 0 Å². The zero-order valence-electron chi connectivity index (χ0n) is 13.1. The van der Waals surface area contributed by atoms with Crippen LogP contribution in [0.5, 0.6) is 0 Å². The van der Waals surface area contributed by atoms with E-state index in [1.54, 1.807) is 6.07 Å². The lowest BCUT2D eigenvalue weighted by Gasteiger charge is -2.35. The topological polar surface area (TPSA) is 32.3 Å². The molecule has 9 heteroatoms. The van der Waals surface area contributed by atoms with Crippen LogP contribution < -0.4 is 4.90 Å². The Morgan fingerprint density at radius 3 is 2.28 bits per heavy atom. The monoisotopic (exact) mass is 418 g/mol. The Morgan fingerprint density at radius 1 is 1.00 bits per heavy atom. The SMILES string of the molecule is Fc1cc(CN2CCN(c3ccc(C(F)(F)F)nn3)CC2)ccc1Br. The lowest BCUT2D eigenvalue weighted by Crippen LogP contribution is -2.46. The molecule has 1 aliphatic heterocycles. The predicted octanol–water partition coefficient (Wildman–Crippen LogP) is 3.72. The molecule has 0 aliphatic carbocycles. The molecule has 0 spiro atoms. The number of nitrogens with zero attached hydrogens (tertiary/aromatic N) is 4. The van der Waals surface area contributed by atoms with Crippen molar-refractivity contribution in [3.8, 4) is 0 Å². The van der Waals surface area contributed by atoms with E-state index >= 15 is 0 Å². The van der Waals surface area contributed by atoms with Crippen LogP contribution in [0, 0.1) is 5.82 Å². The van der Waals surface area contributed by atoms with Gasteiger partial charge in [0.25, 0.3) is 0 Å². The fourth-order valence-corrected chi connectivity index (χ4v) is 2.92. The van der Waals surface area contributed by atoms with Crippen molar-refractivity contribution < 1.29 is 17.6 Å². The van der Waals surface area contributed by atoms with Gasteiger partial charge in [0.1, 0.15) is 5.82 Å². The predicted molar refractivity (Wildman–Crippen MR) is 88.6 cm³/mol. The smallest absolute Gasteiger partial charge is 0.353 e. The maximum atomic E-state index is 13.6. The fraction of sp³-hybridized carbons (Fsp3) is 0.375. The van der Waals surface area contributed by atoms with Crippen LogP contribution in [0.4, 0.5) is 23.4 Å². The second-order valence-electron chi connectivity index (χ2n) is 5.79. The molecule has 0 N–H and O–H groups in total. The first-order valence-electron chi connectivity index (χ1n) is 7.65. The summed E-state index contributed by atoms with van der Waals surface area (Å²) < 4.78 is 51.6. The van der Waals surface area contributed by atoms with Crippen LogP contribution in [0.2, 0.25) is 0 Å². The molecule has 0 atom stereocenters. The van der Waals surface area contributed by atoms with Crippen LogP contribution in [0.3, 0.4) is 0 Å². The van der Waals surface area contributed by atoms with Gasteiger partial charge in [0.2, 0.25) is 0 Å². The minimum atomic E-state index is -4.48. The summed E-state index contributed by atoms with van der Waals surface area (Å²) in [5.74, 6) is 0.138. The van der Waals surface area contributed by atoms with Gasteiger partial charge in [0, 0.05) is 32.7 Å². The van der Waals surface area contributed by atoms with Crippen molar-refractivity contribution in [1.82, 2.24) is 15.1 Å². The normalized spacial score (nSPS) is 16.3. The molecule has 2 aromatic rings. The summed E-state index contributed by atoms with van der Waals surface area (Å²) in [4.78, 5) is 4.06. The number of benzene rings is 1. The third-order valence-corrected chi connectivity index (χ3v) is 4.67. The highest BCUT2D eigenvalue weighted by atomic mass is 79.9. The zero-order valence-corrected chi connectivity index (χ0v) is 14.7. The van der Waals surface area contributed by atoms with E-state index in [0.717, 1.165) is 11.6 Å². The largest absolute Gasteiger partial charge is 0.435 e. The molecular weight excluding hydrogens is 404 g/mol. The Hall–Kier alpha value is -1.74. The first kappa shape index (κ1) is 18.1. The number of halogens is 5. The van der Waals surface area contributed by atoms with E-state index in [1.165, 1.54) is 12.1 Å². The quantitative estimate of drug-likeness (QED) is 0.711. The van der Waals surface area contributed by atoms with Gasteiger partial charge >= 0.3 is 6.18 Å². The fourth-order valence-electron chi connectivity index (χ4n) is 2.68. The molecule has 1 fully saturated rings. The molecule has 134 valence electrons. The van der Waals surface area contributed by atoms with E-state index in [1.807, 2.05) is 11.0 Å². The maximum absolute atomic E-state index is 13.6. The maximum Gasteiger partial charge on any atom is 0.435 e. The number of aromatic nitrogens is 2. The van der Waals surface area contributed by atoms with E-state index in [9.17, 15) is 17.6 Å². The highest BCUT2D eigenvalue weighted by molar-refractivity contribution is 9.10.